The molecule has 3 N–H and O–H groups in total. The topological polar surface area (TPSA) is 157 Å². The van der Waals surface area contributed by atoms with Gasteiger partial charge in [0.15, 0.2) is 11.8 Å². The van der Waals surface area contributed by atoms with Crippen LogP contribution in [0.3, 0.4) is 0 Å². The third kappa shape index (κ3) is 7.05. The first-order valence-electron chi connectivity index (χ1n) is 13.8. The number of aryl methyl sites for hydroxylation is 1. The minimum Gasteiger partial charge on any atom is -0.468 e. The number of nitrogens with zero attached hydrogens (tertiary/aromatic N) is 4. The molecule has 5 rings (SSSR count). The molecule has 16 heteroatoms. The third-order valence-electron chi connectivity index (χ3n) is 7.22. The first-order valence-corrected chi connectivity index (χ1v) is 16.1. The van der Waals surface area contributed by atoms with Crippen molar-refractivity contribution in [3.63, 3.8) is 0 Å². The molecule has 0 aliphatic carbocycles. The zero-order valence-electron chi connectivity index (χ0n) is 24.7. The van der Waals surface area contributed by atoms with Gasteiger partial charge >= 0.3 is 0 Å². The number of hydrogen-bond donors (Lipinski definition) is 3. The summed E-state index contributed by atoms with van der Waals surface area (Å²) in [6.07, 6.45) is 0.981. The zero-order chi connectivity index (χ0) is 32.7. The lowest BCUT2D eigenvalue weighted by atomic mass is 10.0. The molecule has 1 saturated heterocycles. The Morgan fingerprint density at radius 1 is 1.22 bits per heavy atom. The second-order valence-corrected chi connectivity index (χ2v) is 13.0. The summed E-state index contributed by atoms with van der Waals surface area (Å²) in [6.45, 7) is 3.48. The monoisotopic (exact) mass is 661 g/mol. The van der Waals surface area contributed by atoms with Gasteiger partial charge in [-0.15, -0.1) is 0 Å². The number of sulfonamides is 1. The maximum atomic E-state index is 14.4. The quantitative estimate of drug-likeness (QED) is 0.238. The van der Waals surface area contributed by atoms with E-state index in [4.69, 9.17) is 21.3 Å². The molecule has 1 aliphatic heterocycles. The van der Waals surface area contributed by atoms with Gasteiger partial charge in [-0.05, 0) is 50.2 Å². The van der Waals surface area contributed by atoms with Gasteiger partial charge in [-0.2, -0.15) is 0 Å². The molecule has 2 atom stereocenters. The number of piperidine rings is 1. The predicted molar refractivity (Wildman–Crippen MR) is 165 cm³/mol. The Hall–Kier alpha value is -4.21. The Balaban J connectivity index is 1.55. The molecule has 0 radical (unpaired) electrons. The maximum absolute atomic E-state index is 14.4. The van der Waals surface area contributed by atoms with E-state index in [1.807, 2.05) is 17.7 Å². The lowest BCUT2D eigenvalue weighted by molar-refractivity contribution is -0.110. The summed E-state index contributed by atoms with van der Waals surface area (Å²) < 4.78 is 61.0. The molecule has 1 fully saturated rings. The number of carbonyl (C=O) groups is 1. The second-order valence-electron chi connectivity index (χ2n) is 10.9. The summed E-state index contributed by atoms with van der Waals surface area (Å²) in [4.78, 5) is 39.3. The van der Waals surface area contributed by atoms with Crippen molar-refractivity contribution < 1.29 is 26.7 Å². The number of pyridine rings is 2. The van der Waals surface area contributed by atoms with Crippen molar-refractivity contribution in [1.82, 2.24) is 29.6 Å². The fourth-order valence-electron chi connectivity index (χ4n) is 5.11. The van der Waals surface area contributed by atoms with Crippen LogP contribution in [0.1, 0.15) is 41.0 Å². The molecular formula is C29H30ClF2N7O5S. The molecule has 3 aromatic heterocycles. The van der Waals surface area contributed by atoms with E-state index in [0.29, 0.717) is 28.6 Å². The van der Waals surface area contributed by atoms with Crippen LogP contribution in [0.15, 0.2) is 47.4 Å². The number of benzene rings is 1. The van der Waals surface area contributed by atoms with E-state index in [2.05, 4.69) is 20.6 Å². The van der Waals surface area contributed by atoms with Gasteiger partial charge in [-0.25, -0.2) is 36.9 Å². The van der Waals surface area contributed by atoms with Crippen LogP contribution >= 0.6 is 11.6 Å². The van der Waals surface area contributed by atoms with Gasteiger partial charge in [0.25, 0.3) is 17.4 Å². The van der Waals surface area contributed by atoms with Crippen molar-refractivity contribution in [2.75, 3.05) is 24.7 Å². The van der Waals surface area contributed by atoms with Gasteiger partial charge in [-0.3, -0.25) is 14.2 Å². The van der Waals surface area contributed by atoms with Gasteiger partial charge in [0.1, 0.15) is 11.0 Å². The number of halogens is 3. The first kappa shape index (κ1) is 32.2. The number of hydrogen-bond acceptors (Lipinski definition) is 10. The van der Waals surface area contributed by atoms with Crippen LogP contribution in [-0.4, -0.2) is 65.2 Å². The van der Waals surface area contributed by atoms with Crippen molar-refractivity contribution in [2.24, 2.45) is 7.05 Å². The number of rotatable bonds is 8. The average molecular weight is 662 g/mol. The standard InChI is InChI=1S/C29H30ClF2N7O5S/c1-15-11-18(16(2)35-20-5-6-22(30)36-25(20)27(40)38-45(4,42)43)24-19(12-15)28(41)39(3)26(37-24)17-7-10-34-23(13-17)44-21-8-9-33-14-29(21,31)32/h5-7,10-13,16,21,33,35H,8-9,14H2,1-4H3,(H,38,40)/t16-,21-/m1/s1. The van der Waals surface area contributed by atoms with E-state index in [9.17, 15) is 26.8 Å². The van der Waals surface area contributed by atoms with Gasteiger partial charge in [-0.1, -0.05) is 17.7 Å². The lowest BCUT2D eigenvalue weighted by Gasteiger charge is -2.31. The molecule has 238 valence electrons. The van der Waals surface area contributed by atoms with Crippen LogP contribution in [0.4, 0.5) is 14.5 Å². The van der Waals surface area contributed by atoms with E-state index in [-0.39, 0.29) is 40.2 Å². The molecule has 12 nitrogen and oxygen atoms in total. The number of alkyl halides is 2. The molecule has 4 heterocycles. The predicted octanol–water partition coefficient (Wildman–Crippen LogP) is 3.59. The van der Waals surface area contributed by atoms with E-state index < -0.39 is 40.5 Å². The highest BCUT2D eigenvalue weighted by Gasteiger charge is 2.43. The van der Waals surface area contributed by atoms with Gasteiger partial charge in [0.2, 0.25) is 15.9 Å². The van der Waals surface area contributed by atoms with Crippen LogP contribution in [-0.2, 0) is 17.1 Å². The number of ether oxygens (including phenoxy) is 1. The van der Waals surface area contributed by atoms with E-state index in [0.717, 1.165) is 11.8 Å². The first-order chi connectivity index (χ1) is 21.1. The van der Waals surface area contributed by atoms with Crippen LogP contribution in [0, 0.1) is 6.92 Å². The second kappa shape index (κ2) is 12.3. The van der Waals surface area contributed by atoms with Crippen molar-refractivity contribution >= 4 is 44.1 Å². The molecule has 45 heavy (non-hydrogen) atoms. The van der Waals surface area contributed by atoms with Crippen LogP contribution in [0.25, 0.3) is 22.3 Å². The van der Waals surface area contributed by atoms with Gasteiger partial charge in [0, 0.05) is 36.9 Å². The molecule has 0 spiro atoms. The normalized spacial score (nSPS) is 17.1. The molecule has 4 aromatic rings. The Morgan fingerprint density at radius 2 is 1.98 bits per heavy atom. The summed E-state index contributed by atoms with van der Waals surface area (Å²) in [5.74, 6) is -3.83. The Bertz CT molecular complexity index is 1970. The molecule has 1 aliphatic rings. The zero-order valence-corrected chi connectivity index (χ0v) is 26.3. The SMILES string of the molecule is Cc1cc([C@@H](C)Nc2ccc(Cl)nc2C(=O)NS(C)(=O)=O)c2nc(-c3ccnc(O[C@@H]4CCNCC4(F)F)c3)n(C)c(=O)c2c1. The number of aromatic nitrogens is 4. The third-order valence-corrected chi connectivity index (χ3v) is 7.98. The highest BCUT2D eigenvalue weighted by Crippen LogP contribution is 2.31. The number of fused-ring (bicyclic) bond motifs is 1. The van der Waals surface area contributed by atoms with Crippen molar-refractivity contribution in [1.29, 1.82) is 0 Å². The highest BCUT2D eigenvalue weighted by molar-refractivity contribution is 7.89. The summed E-state index contributed by atoms with van der Waals surface area (Å²) >= 11 is 6.00. The van der Waals surface area contributed by atoms with Crippen molar-refractivity contribution in [2.45, 2.75) is 38.3 Å². The summed E-state index contributed by atoms with van der Waals surface area (Å²) in [6, 6.07) is 8.96. The molecule has 0 bridgehead atoms. The fourth-order valence-corrected chi connectivity index (χ4v) is 5.69. The summed E-state index contributed by atoms with van der Waals surface area (Å²) in [7, 11) is -2.33. The minimum atomic E-state index is -3.88. The number of anilines is 1. The Morgan fingerprint density at radius 3 is 2.69 bits per heavy atom. The number of nitrogens with one attached hydrogen (secondary N) is 3. The van der Waals surface area contributed by atoms with Crippen LogP contribution in [0.5, 0.6) is 5.88 Å². The van der Waals surface area contributed by atoms with Gasteiger partial charge in [0.05, 0.1) is 35.4 Å². The molecule has 0 saturated carbocycles. The fraction of sp³-hybridized carbons (Fsp3) is 0.345. The summed E-state index contributed by atoms with van der Waals surface area (Å²) in [5, 5.41) is 6.13. The highest BCUT2D eigenvalue weighted by atomic mass is 35.5. The van der Waals surface area contributed by atoms with Gasteiger partial charge < -0.3 is 15.4 Å². The minimum absolute atomic E-state index is 0.0211. The van der Waals surface area contributed by atoms with E-state index in [1.165, 1.54) is 29.0 Å². The molecule has 0 unspecified atom stereocenters. The lowest BCUT2D eigenvalue weighted by Crippen LogP contribution is -2.52. The van der Waals surface area contributed by atoms with Crippen molar-refractivity contribution in [3.05, 3.63) is 74.9 Å². The molecule has 1 amide bonds. The number of amides is 1. The van der Waals surface area contributed by atoms with Crippen molar-refractivity contribution in [3.8, 4) is 17.3 Å². The maximum Gasteiger partial charge on any atom is 0.296 e. The smallest absolute Gasteiger partial charge is 0.296 e. The number of carbonyl (C=O) groups excluding carboxylic acids is 1. The van der Waals surface area contributed by atoms with Crippen LogP contribution in [0.2, 0.25) is 5.15 Å². The Kier molecular flexibility index (Phi) is 8.79. The average Bonchev–Trinajstić information content (AvgIpc) is 2.96. The van der Waals surface area contributed by atoms with Crippen LogP contribution < -0.4 is 25.7 Å². The van der Waals surface area contributed by atoms with E-state index in [1.54, 1.807) is 26.1 Å². The molecular weight excluding hydrogens is 632 g/mol. The summed E-state index contributed by atoms with van der Waals surface area (Å²) in [5.41, 5.74) is 1.73. The Labute approximate surface area is 262 Å². The van der Waals surface area contributed by atoms with E-state index >= 15 is 0 Å². The largest absolute Gasteiger partial charge is 0.468 e. The molecule has 1 aromatic carbocycles.